The molecule has 0 bridgehead atoms. The fourth-order valence-corrected chi connectivity index (χ4v) is 3.45. The predicted molar refractivity (Wildman–Crippen MR) is 107 cm³/mol. The van der Waals surface area contributed by atoms with E-state index in [9.17, 15) is 0 Å². The molecule has 1 aromatic carbocycles. The highest BCUT2D eigenvalue weighted by Gasteiger charge is 2.33. The largest absolute Gasteiger partial charge is 0.378 e. The molecule has 1 N–H and O–H groups in total. The van der Waals surface area contributed by atoms with Crippen molar-refractivity contribution in [3.8, 4) is 0 Å². The highest BCUT2D eigenvalue weighted by molar-refractivity contribution is 6.31. The SMILES string of the molecule is CN(C)c1ccc([C@@H](N2CCNCC2)C(C)(C)C)c(Cl)c1.Cl.Cl. The van der Waals surface area contributed by atoms with Crippen molar-refractivity contribution in [2.75, 3.05) is 45.2 Å². The number of nitrogens with one attached hydrogen (secondary N) is 1. The third kappa shape index (κ3) is 5.68. The van der Waals surface area contributed by atoms with Crippen molar-refractivity contribution < 1.29 is 0 Å². The van der Waals surface area contributed by atoms with Crippen molar-refractivity contribution in [1.82, 2.24) is 10.2 Å². The molecular formula is C17H30Cl3N3. The number of benzene rings is 1. The Bertz CT molecular complexity index is 480. The number of halogens is 3. The monoisotopic (exact) mass is 381 g/mol. The molecule has 0 aliphatic carbocycles. The summed E-state index contributed by atoms with van der Waals surface area (Å²) in [5.41, 5.74) is 2.55. The minimum atomic E-state index is 0. The first kappa shape index (κ1) is 22.8. The lowest BCUT2D eigenvalue weighted by atomic mass is 9.81. The minimum absolute atomic E-state index is 0. The van der Waals surface area contributed by atoms with Gasteiger partial charge in [0.15, 0.2) is 0 Å². The topological polar surface area (TPSA) is 18.5 Å². The van der Waals surface area contributed by atoms with Gasteiger partial charge in [0.2, 0.25) is 0 Å². The fraction of sp³-hybridized carbons (Fsp3) is 0.647. The van der Waals surface area contributed by atoms with Gasteiger partial charge in [0.25, 0.3) is 0 Å². The van der Waals surface area contributed by atoms with E-state index in [1.807, 2.05) is 14.1 Å². The van der Waals surface area contributed by atoms with Gasteiger partial charge < -0.3 is 10.2 Å². The van der Waals surface area contributed by atoms with E-state index in [1.165, 1.54) is 5.56 Å². The fourth-order valence-electron chi connectivity index (χ4n) is 3.17. The zero-order valence-electron chi connectivity index (χ0n) is 14.7. The first-order valence-electron chi connectivity index (χ1n) is 7.72. The molecule has 1 aliphatic heterocycles. The zero-order chi connectivity index (χ0) is 15.6. The second-order valence-electron chi connectivity index (χ2n) is 7.15. The third-order valence-corrected chi connectivity index (χ3v) is 4.46. The maximum absolute atomic E-state index is 6.62. The highest BCUT2D eigenvalue weighted by Crippen LogP contribution is 2.41. The van der Waals surface area contributed by atoms with Crippen molar-refractivity contribution in [3.63, 3.8) is 0 Å². The van der Waals surface area contributed by atoms with E-state index in [2.05, 4.69) is 54.1 Å². The van der Waals surface area contributed by atoms with Gasteiger partial charge in [-0.05, 0) is 23.1 Å². The Labute approximate surface area is 158 Å². The number of hydrogen-bond donors (Lipinski definition) is 1. The summed E-state index contributed by atoms with van der Waals surface area (Å²) < 4.78 is 0. The summed E-state index contributed by atoms with van der Waals surface area (Å²) in [5, 5.41) is 4.30. The summed E-state index contributed by atoms with van der Waals surface area (Å²) in [6.45, 7) is 11.2. The Hall–Kier alpha value is -0.190. The van der Waals surface area contributed by atoms with E-state index in [0.717, 1.165) is 36.9 Å². The van der Waals surface area contributed by atoms with Crippen LogP contribution < -0.4 is 10.2 Å². The van der Waals surface area contributed by atoms with E-state index >= 15 is 0 Å². The molecule has 0 amide bonds. The molecule has 0 saturated carbocycles. The van der Waals surface area contributed by atoms with Crippen molar-refractivity contribution in [2.24, 2.45) is 5.41 Å². The highest BCUT2D eigenvalue weighted by atomic mass is 35.5. The van der Waals surface area contributed by atoms with Crippen LogP contribution in [0.2, 0.25) is 5.02 Å². The molecule has 6 heteroatoms. The Morgan fingerprint density at radius 2 is 1.70 bits per heavy atom. The number of piperazine rings is 1. The van der Waals surface area contributed by atoms with Crippen LogP contribution >= 0.6 is 36.4 Å². The maximum Gasteiger partial charge on any atom is 0.0474 e. The molecule has 0 spiro atoms. The summed E-state index contributed by atoms with van der Waals surface area (Å²) in [6.07, 6.45) is 0. The van der Waals surface area contributed by atoms with E-state index in [0.29, 0.717) is 6.04 Å². The van der Waals surface area contributed by atoms with Gasteiger partial charge >= 0.3 is 0 Å². The van der Waals surface area contributed by atoms with Crippen molar-refractivity contribution in [1.29, 1.82) is 0 Å². The summed E-state index contributed by atoms with van der Waals surface area (Å²) in [4.78, 5) is 4.65. The van der Waals surface area contributed by atoms with Crippen LogP contribution in [0.15, 0.2) is 18.2 Å². The number of nitrogens with zero attached hydrogens (tertiary/aromatic N) is 2. The van der Waals surface area contributed by atoms with Crippen LogP contribution in [0.1, 0.15) is 32.4 Å². The quantitative estimate of drug-likeness (QED) is 0.843. The van der Waals surface area contributed by atoms with Crippen LogP contribution in [0.4, 0.5) is 5.69 Å². The van der Waals surface area contributed by atoms with Crippen LogP contribution in [0, 0.1) is 5.41 Å². The number of anilines is 1. The van der Waals surface area contributed by atoms with E-state index in [4.69, 9.17) is 11.6 Å². The maximum atomic E-state index is 6.62. The zero-order valence-corrected chi connectivity index (χ0v) is 17.1. The Morgan fingerprint density at radius 3 is 2.13 bits per heavy atom. The normalized spacial score (nSPS) is 17.0. The average Bonchev–Trinajstić information content (AvgIpc) is 2.40. The summed E-state index contributed by atoms with van der Waals surface area (Å²) in [5.74, 6) is 0. The molecule has 134 valence electrons. The molecular weight excluding hydrogens is 353 g/mol. The first-order chi connectivity index (χ1) is 9.80. The van der Waals surface area contributed by atoms with E-state index in [1.54, 1.807) is 0 Å². The van der Waals surface area contributed by atoms with E-state index < -0.39 is 0 Å². The molecule has 2 rings (SSSR count). The second kappa shape index (κ2) is 9.33. The summed E-state index contributed by atoms with van der Waals surface area (Å²) in [6, 6.07) is 6.80. The molecule has 1 heterocycles. The first-order valence-corrected chi connectivity index (χ1v) is 8.10. The number of rotatable bonds is 3. The second-order valence-corrected chi connectivity index (χ2v) is 7.56. The molecule has 0 unspecified atom stereocenters. The van der Waals surface area contributed by atoms with Gasteiger partial charge in [0.05, 0.1) is 0 Å². The number of hydrogen-bond acceptors (Lipinski definition) is 3. The smallest absolute Gasteiger partial charge is 0.0474 e. The average molecular weight is 383 g/mol. The Morgan fingerprint density at radius 1 is 1.13 bits per heavy atom. The van der Waals surface area contributed by atoms with Gasteiger partial charge in [-0.3, -0.25) is 4.90 Å². The van der Waals surface area contributed by atoms with Crippen LogP contribution in [-0.2, 0) is 0 Å². The molecule has 1 saturated heterocycles. The summed E-state index contributed by atoms with van der Waals surface area (Å²) >= 11 is 6.62. The lowest BCUT2D eigenvalue weighted by Gasteiger charge is -2.43. The van der Waals surface area contributed by atoms with Crippen LogP contribution in [0.3, 0.4) is 0 Å². The molecule has 0 radical (unpaired) electrons. The van der Waals surface area contributed by atoms with Gasteiger partial charge in [-0.1, -0.05) is 38.4 Å². The van der Waals surface area contributed by atoms with Gasteiger partial charge in [-0.15, -0.1) is 24.8 Å². The molecule has 3 nitrogen and oxygen atoms in total. The van der Waals surface area contributed by atoms with Gasteiger partial charge in [0.1, 0.15) is 0 Å². The lowest BCUT2D eigenvalue weighted by Crippen LogP contribution is -2.48. The van der Waals surface area contributed by atoms with Crippen molar-refractivity contribution >= 4 is 42.1 Å². The Kier molecular flexibility index (Phi) is 9.26. The molecule has 1 aliphatic rings. The van der Waals surface area contributed by atoms with Crippen molar-refractivity contribution in [3.05, 3.63) is 28.8 Å². The van der Waals surface area contributed by atoms with Gasteiger partial charge in [-0.25, -0.2) is 0 Å². The molecule has 23 heavy (non-hydrogen) atoms. The van der Waals surface area contributed by atoms with Gasteiger partial charge in [-0.2, -0.15) is 0 Å². The van der Waals surface area contributed by atoms with Crippen LogP contribution in [0.5, 0.6) is 0 Å². The minimum Gasteiger partial charge on any atom is -0.378 e. The van der Waals surface area contributed by atoms with Crippen LogP contribution in [-0.4, -0.2) is 45.2 Å². The lowest BCUT2D eigenvalue weighted by molar-refractivity contribution is 0.0863. The molecule has 1 aromatic rings. The standard InChI is InChI=1S/C17H28ClN3.2ClH/c1-17(2,3)16(21-10-8-19-9-11-21)14-7-6-13(20(4)5)12-15(14)18;;/h6-7,12,16,19H,8-11H2,1-5H3;2*1H/t16-;;/m1../s1. The summed E-state index contributed by atoms with van der Waals surface area (Å²) in [7, 11) is 4.09. The van der Waals surface area contributed by atoms with Crippen LogP contribution in [0.25, 0.3) is 0 Å². The molecule has 1 fully saturated rings. The Balaban J connectivity index is 0.00000242. The molecule has 1 atom stereocenters. The van der Waals surface area contributed by atoms with Gasteiger partial charge in [0, 0.05) is 57.0 Å². The predicted octanol–water partition coefficient (Wildman–Crippen LogP) is 4.24. The molecule has 0 aromatic heterocycles. The van der Waals surface area contributed by atoms with Crippen molar-refractivity contribution in [2.45, 2.75) is 26.8 Å². The van der Waals surface area contributed by atoms with E-state index in [-0.39, 0.29) is 30.2 Å². The third-order valence-electron chi connectivity index (χ3n) is 4.13.